The van der Waals surface area contributed by atoms with Gasteiger partial charge in [0.05, 0.1) is 0 Å². The third-order valence-corrected chi connectivity index (χ3v) is 4.11. The van der Waals surface area contributed by atoms with Crippen LogP contribution in [0.4, 0.5) is 5.82 Å². The highest BCUT2D eigenvalue weighted by molar-refractivity contribution is 7.12. The number of nitrogens with two attached hydrogens (primary N) is 1. The van der Waals surface area contributed by atoms with E-state index in [1.807, 2.05) is 41.8 Å². The van der Waals surface area contributed by atoms with Crippen LogP contribution in [0.5, 0.6) is 0 Å². The van der Waals surface area contributed by atoms with Gasteiger partial charge in [-0.25, -0.2) is 4.98 Å². The molecule has 0 saturated carbocycles. The zero-order valence-electron chi connectivity index (χ0n) is 12.0. The average Bonchev–Trinajstić information content (AvgIpc) is 3.05. The number of aromatic nitrogens is 1. The van der Waals surface area contributed by atoms with Gasteiger partial charge in [-0.1, -0.05) is 36.4 Å². The maximum absolute atomic E-state index is 12.5. The fourth-order valence-corrected chi connectivity index (χ4v) is 2.96. The van der Waals surface area contributed by atoms with E-state index in [2.05, 4.69) is 10.3 Å². The number of carbonyl (C=O) groups excluding carboxylic acids is 2. The highest BCUT2D eigenvalue weighted by Gasteiger charge is 2.15. The van der Waals surface area contributed by atoms with Crippen molar-refractivity contribution in [2.45, 2.75) is 0 Å². The standard InChI is InChI=1S/C17H13N3O2S/c18-16(21)13-7-4-8-14(19-13)20-17(22)15-12(9-10-23-15)11-5-2-1-3-6-11/h1-10H,(H2,18,21)(H,19,20,22). The van der Waals surface area contributed by atoms with Crippen molar-refractivity contribution in [1.82, 2.24) is 4.98 Å². The molecule has 23 heavy (non-hydrogen) atoms. The Morgan fingerprint density at radius 2 is 1.78 bits per heavy atom. The smallest absolute Gasteiger partial charge is 0.267 e. The first kappa shape index (κ1) is 14.9. The number of hydrogen-bond acceptors (Lipinski definition) is 4. The van der Waals surface area contributed by atoms with Crippen LogP contribution in [0.25, 0.3) is 11.1 Å². The molecule has 3 aromatic rings. The lowest BCUT2D eigenvalue weighted by molar-refractivity contribution is 0.0991. The van der Waals surface area contributed by atoms with E-state index >= 15 is 0 Å². The third kappa shape index (κ3) is 3.27. The summed E-state index contributed by atoms with van der Waals surface area (Å²) in [6.07, 6.45) is 0. The summed E-state index contributed by atoms with van der Waals surface area (Å²) in [5.41, 5.74) is 7.14. The van der Waals surface area contributed by atoms with Gasteiger partial charge in [0.1, 0.15) is 16.4 Å². The summed E-state index contributed by atoms with van der Waals surface area (Å²) in [5.74, 6) is -0.617. The van der Waals surface area contributed by atoms with Crippen molar-refractivity contribution in [3.63, 3.8) is 0 Å². The first-order valence-corrected chi connectivity index (χ1v) is 7.74. The Labute approximate surface area is 136 Å². The van der Waals surface area contributed by atoms with Gasteiger partial charge in [0.25, 0.3) is 11.8 Å². The van der Waals surface area contributed by atoms with E-state index in [0.29, 0.717) is 10.7 Å². The largest absolute Gasteiger partial charge is 0.364 e. The van der Waals surface area contributed by atoms with E-state index in [-0.39, 0.29) is 11.6 Å². The van der Waals surface area contributed by atoms with Crippen molar-refractivity contribution in [3.05, 3.63) is 70.5 Å². The van der Waals surface area contributed by atoms with Crippen LogP contribution >= 0.6 is 11.3 Å². The fraction of sp³-hybridized carbons (Fsp3) is 0. The second-order valence-electron chi connectivity index (χ2n) is 4.76. The van der Waals surface area contributed by atoms with E-state index in [1.165, 1.54) is 17.4 Å². The summed E-state index contributed by atoms with van der Waals surface area (Å²) in [4.78, 5) is 28.3. The number of amides is 2. The Bertz CT molecular complexity index is 859. The fourth-order valence-electron chi connectivity index (χ4n) is 2.14. The van der Waals surface area contributed by atoms with Crippen molar-refractivity contribution < 1.29 is 9.59 Å². The van der Waals surface area contributed by atoms with Gasteiger partial charge in [0.15, 0.2) is 0 Å². The van der Waals surface area contributed by atoms with Crippen molar-refractivity contribution in [3.8, 4) is 11.1 Å². The normalized spacial score (nSPS) is 10.3. The summed E-state index contributed by atoms with van der Waals surface area (Å²) in [7, 11) is 0. The molecule has 2 heterocycles. The molecule has 0 saturated heterocycles. The van der Waals surface area contributed by atoms with Gasteiger partial charge in [-0.2, -0.15) is 0 Å². The van der Waals surface area contributed by atoms with Crippen LogP contribution in [0.1, 0.15) is 20.2 Å². The zero-order chi connectivity index (χ0) is 16.2. The predicted molar refractivity (Wildman–Crippen MR) is 90.5 cm³/mol. The van der Waals surface area contributed by atoms with Crippen molar-refractivity contribution in [2.75, 3.05) is 5.32 Å². The number of benzene rings is 1. The van der Waals surface area contributed by atoms with Crippen LogP contribution in [0.2, 0.25) is 0 Å². The minimum atomic E-state index is -0.637. The monoisotopic (exact) mass is 323 g/mol. The molecule has 0 aliphatic rings. The first-order chi connectivity index (χ1) is 11.1. The summed E-state index contributed by atoms with van der Waals surface area (Å²) in [6, 6.07) is 16.3. The highest BCUT2D eigenvalue weighted by Crippen LogP contribution is 2.28. The van der Waals surface area contributed by atoms with E-state index < -0.39 is 5.91 Å². The number of primary amides is 1. The predicted octanol–water partition coefficient (Wildman–Crippen LogP) is 3.16. The van der Waals surface area contributed by atoms with Crippen molar-refractivity contribution in [1.29, 1.82) is 0 Å². The van der Waals surface area contributed by atoms with Gasteiger partial charge in [-0.05, 0) is 29.1 Å². The van der Waals surface area contributed by atoms with E-state index in [0.717, 1.165) is 11.1 Å². The maximum Gasteiger partial charge on any atom is 0.267 e. The van der Waals surface area contributed by atoms with Crippen molar-refractivity contribution >= 4 is 29.0 Å². The quantitative estimate of drug-likeness (QED) is 0.773. The lowest BCUT2D eigenvalue weighted by Crippen LogP contribution is -2.16. The summed E-state index contributed by atoms with van der Waals surface area (Å²) in [5, 5.41) is 4.57. The number of carbonyl (C=O) groups is 2. The Hall–Kier alpha value is -2.99. The Kier molecular flexibility index (Phi) is 4.16. The molecule has 1 aromatic carbocycles. The number of rotatable bonds is 4. The maximum atomic E-state index is 12.5. The average molecular weight is 323 g/mol. The SMILES string of the molecule is NC(=O)c1cccc(NC(=O)c2sccc2-c2ccccc2)n1. The van der Waals surface area contributed by atoms with Crippen LogP contribution in [0.3, 0.4) is 0 Å². The number of hydrogen-bond donors (Lipinski definition) is 2. The molecule has 0 unspecified atom stereocenters. The molecular weight excluding hydrogens is 310 g/mol. The van der Waals surface area contributed by atoms with Crippen LogP contribution in [-0.2, 0) is 0 Å². The minimum absolute atomic E-state index is 0.109. The summed E-state index contributed by atoms with van der Waals surface area (Å²) >= 11 is 1.35. The van der Waals surface area contributed by atoms with Gasteiger partial charge in [0, 0.05) is 5.56 Å². The minimum Gasteiger partial charge on any atom is -0.364 e. The van der Waals surface area contributed by atoms with Crippen LogP contribution in [0.15, 0.2) is 60.0 Å². The molecule has 5 nitrogen and oxygen atoms in total. The molecule has 3 N–H and O–H groups in total. The second-order valence-corrected chi connectivity index (χ2v) is 5.67. The molecule has 114 valence electrons. The van der Waals surface area contributed by atoms with Gasteiger partial charge >= 0.3 is 0 Å². The number of thiophene rings is 1. The van der Waals surface area contributed by atoms with E-state index in [9.17, 15) is 9.59 Å². The Balaban J connectivity index is 1.87. The summed E-state index contributed by atoms with van der Waals surface area (Å²) < 4.78 is 0. The number of nitrogens with zero attached hydrogens (tertiary/aromatic N) is 1. The van der Waals surface area contributed by atoms with Crippen LogP contribution in [0, 0.1) is 0 Å². The van der Waals surface area contributed by atoms with Gasteiger partial charge < -0.3 is 11.1 Å². The lowest BCUT2D eigenvalue weighted by Gasteiger charge is -2.06. The topological polar surface area (TPSA) is 85.1 Å². The van der Waals surface area contributed by atoms with Crippen LogP contribution < -0.4 is 11.1 Å². The van der Waals surface area contributed by atoms with Crippen LogP contribution in [-0.4, -0.2) is 16.8 Å². The molecule has 0 atom stereocenters. The molecule has 0 fully saturated rings. The lowest BCUT2D eigenvalue weighted by atomic mass is 10.1. The van der Waals surface area contributed by atoms with Gasteiger partial charge in [-0.3, -0.25) is 9.59 Å². The molecule has 6 heteroatoms. The van der Waals surface area contributed by atoms with Gasteiger partial charge in [0.2, 0.25) is 0 Å². The molecule has 0 bridgehead atoms. The summed E-state index contributed by atoms with van der Waals surface area (Å²) in [6.45, 7) is 0. The number of anilines is 1. The molecule has 3 rings (SSSR count). The second kappa shape index (κ2) is 6.41. The Morgan fingerprint density at radius 3 is 2.52 bits per heavy atom. The molecular formula is C17H13N3O2S. The Morgan fingerprint density at radius 1 is 1.00 bits per heavy atom. The molecule has 0 spiro atoms. The van der Waals surface area contributed by atoms with E-state index in [1.54, 1.807) is 12.1 Å². The molecule has 2 aromatic heterocycles. The highest BCUT2D eigenvalue weighted by atomic mass is 32.1. The zero-order valence-corrected chi connectivity index (χ0v) is 12.8. The molecule has 0 aliphatic carbocycles. The molecule has 2 amide bonds. The first-order valence-electron chi connectivity index (χ1n) is 6.86. The number of nitrogens with one attached hydrogen (secondary N) is 1. The molecule has 0 radical (unpaired) electrons. The molecule has 0 aliphatic heterocycles. The van der Waals surface area contributed by atoms with E-state index in [4.69, 9.17) is 5.73 Å². The van der Waals surface area contributed by atoms with Gasteiger partial charge in [-0.15, -0.1) is 11.3 Å². The number of pyridine rings is 1. The third-order valence-electron chi connectivity index (χ3n) is 3.20. The van der Waals surface area contributed by atoms with Crippen molar-refractivity contribution in [2.24, 2.45) is 5.73 Å².